The summed E-state index contributed by atoms with van der Waals surface area (Å²) < 4.78 is 30.8. The third kappa shape index (κ3) is 5.14. The van der Waals surface area contributed by atoms with Gasteiger partial charge in [0.05, 0.1) is 36.0 Å². The number of amides is 2. The number of hydrogen-bond acceptors (Lipinski definition) is 7. The van der Waals surface area contributed by atoms with Gasteiger partial charge in [-0.3, -0.25) is 19.2 Å². The van der Waals surface area contributed by atoms with E-state index >= 15 is 0 Å². The molecule has 2 aliphatic heterocycles. The lowest BCUT2D eigenvalue weighted by atomic mass is 10.1. The lowest BCUT2D eigenvalue weighted by Gasteiger charge is -2.35. The number of aryl methyl sites for hydroxylation is 1. The Kier molecular flexibility index (Phi) is 6.62. The molecule has 0 spiro atoms. The molecule has 0 aliphatic carbocycles. The number of carbonyl (C=O) groups is 2. The molecule has 0 aromatic carbocycles. The molecule has 2 aliphatic rings. The molecule has 0 saturated carbocycles. The number of piperazine rings is 1. The molecule has 0 radical (unpaired) electrons. The van der Waals surface area contributed by atoms with Crippen LogP contribution in [0.3, 0.4) is 0 Å². The fourth-order valence-electron chi connectivity index (χ4n) is 4.62. The van der Waals surface area contributed by atoms with Crippen molar-refractivity contribution in [2.75, 3.05) is 51.3 Å². The maximum atomic E-state index is 12.8. The number of rotatable bonds is 6. The van der Waals surface area contributed by atoms with Crippen LogP contribution < -0.4 is 0 Å². The number of nitrogens with zero attached hydrogens (tertiary/aromatic N) is 5. The fraction of sp³-hybridized carbons (Fsp3) is 0.591. The van der Waals surface area contributed by atoms with Gasteiger partial charge in [0.15, 0.2) is 15.6 Å². The Morgan fingerprint density at radius 1 is 1.18 bits per heavy atom. The summed E-state index contributed by atoms with van der Waals surface area (Å²) in [5.74, 6) is 0.530. The lowest BCUT2D eigenvalue weighted by Crippen LogP contribution is -2.52. The summed E-state index contributed by atoms with van der Waals surface area (Å²) in [4.78, 5) is 30.7. The Morgan fingerprint density at radius 2 is 1.88 bits per heavy atom. The van der Waals surface area contributed by atoms with Gasteiger partial charge in [0.2, 0.25) is 5.91 Å². The highest BCUT2D eigenvalue weighted by Crippen LogP contribution is 2.27. The Labute approximate surface area is 194 Å². The minimum Gasteiger partial charge on any atom is -0.459 e. The van der Waals surface area contributed by atoms with Crippen molar-refractivity contribution >= 4 is 21.7 Å². The third-order valence-corrected chi connectivity index (χ3v) is 8.26. The van der Waals surface area contributed by atoms with Crippen molar-refractivity contribution in [2.45, 2.75) is 32.9 Å². The van der Waals surface area contributed by atoms with E-state index in [9.17, 15) is 18.0 Å². The number of aromatic nitrogens is 2. The highest BCUT2D eigenvalue weighted by atomic mass is 32.2. The second kappa shape index (κ2) is 9.30. The van der Waals surface area contributed by atoms with Crippen molar-refractivity contribution in [3.63, 3.8) is 0 Å². The van der Waals surface area contributed by atoms with Gasteiger partial charge in [0.1, 0.15) is 0 Å². The molecule has 1 atom stereocenters. The molecule has 0 bridgehead atoms. The van der Waals surface area contributed by atoms with Crippen LogP contribution in [-0.4, -0.2) is 96.0 Å². The molecule has 2 aromatic heterocycles. The summed E-state index contributed by atoms with van der Waals surface area (Å²) in [7, 11) is -1.10. The van der Waals surface area contributed by atoms with Crippen LogP contribution in [0.4, 0.5) is 0 Å². The molecule has 2 saturated heterocycles. The zero-order valence-corrected chi connectivity index (χ0v) is 20.2. The molecule has 2 aromatic rings. The minimum absolute atomic E-state index is 0.0205. The Balaban J connectivity index is 1.31. The van der Waals surface area contributed by atoms with Crippen LogP contribution >= 0.6 is 0 Å². The van der Waals surface area contributed by atoms with Crippen LogP contribution in [0.1, 0.15) is 40.0 Å². The number of furan rings is 1. The van der Waals surface area contributed by atoms with E-state index in [2.05, 4.69) is 5.10 Å². The Bertz CT molecular complexity index is 1120. The largest absolute Gasteiger partial charge is 0.459 e. The standard InChI is InChI=1S/C22H31N5O5S/c1-16-19(17(2)27(23-16)18-6-12-33(30,31)15-18)13-24(3)14-21(28)25-7-9-26(10-8-25)22(29)20-5-4-11-32-20/h4-5,11,18H,6-10,12-15H2,1-3H3. The maximum absolute atomic E-state index is 12.8. The van der Waals surface area contributed by atoms with Crippen molar-refractivity contribution in [3.05, 3.63) is 41.1 Å². The number of hydrogen-bond donors (Lipinski definition) is 0. The predicted octanol–water partition coefficient (Wildman–Crippen LogP) is 0.869. The third-order valence-electron chi connectivity index (χ3n) is 6.51. The van der Waals surface area contributed by atoms with E-state index in [-0.39, 0.29) is 35.9 Å². The van der Waals surface area contributed by atoms with E-state index in [0.29, 0.717) is 44.9 Å². The van der Waals surface area contributed by atoms with Crippen LogP contribution in [0.5, 0.6) is 0 Å². The first-order valence-corrected chi connectivity index (χ1v) is 13.0. The summed E-state index contributed by atoms with van der Waals surface area (Å²) in [5.41, 5.74) is 2.85. The normalized spacial score (nSPS) is 20.5. The van der Waals surface area contributed by atoms with Crippen LogP contribution in [0, 0.1) is 13.8 Å². The van der Waals surface area contributed by atoms with Crippen molar-refractivity contribution in [2.24, 2.45) is 0 Å². The highest BCUT2D eigenvalue weighted by Gasteiger charge is 2.32. The monoisotopic (exact) mass is 477 g/mol. The first-order valence-electron chi connectivity index (χ1n) is 11.2. The van der Waals surface area contributed by atoms with Gasteiger partial charge in [0, 0.05) is 44.0 Å². The molecule has 180 valence electrons. The fourth-order valence-corrected chi connectivity index (χ4v) is 6.31. The van der Waals surface area contributed by atoms with Gasteiger partial charge < -0.3 is 14.2 Å². The summed E-state index contributed by atoms with van der Waals surface area (Å²) in [6.07, 6.45) is 2.07. The first kappa shape index (κ1) is 23.5. The average molecular weight is 478 g/mol. The van der Waals surface area contributed by atoms with Crippen molar-refractivity contribution < 1.29 is 22.4 Å². The molecule has 10 nitrogen and oxygen atoms in total. The van der Waals surface area contributed by atoms with Gasteiger partial charge in [-0.25, -0.2) is 8.42 Å². The number of carbonyl (C=O) groups excluding carboxylic acids is 2. The first-order chi connectivity index (χ1) is 15.6. The van der Waals surface area contributed by atoms with E-state index in [1.807, 2.05) is 30.5 Å². The Morgan fingerprint density at radius 3 is 2.48 bits per heavy atom. The molecular formula is C22H31N5O5S. The second-order valence-corrected chi connectivity index (χ2v) is 11.2. The number of sulfone groups is 1. The highest BCUT2D eigenvalue weighted by molar-refractivity contribution is 7.91. The summed E-state index contributed by atoms with van der Waals surface area (Å²) in [6.45, 7) is 6.64. The summed E-state index contributed by atoms with van der Waals surface area (Å²) in [6, 6.07) is 3.22. The minimum atomic E-state index is -2.99. The van der Waals surface area contributed by atoms with Gasteiger partial charge in [-0.15, -0.1) is 0 Å². The smallest absolute Gasteiger partial charge is 0.289 e. The van der Waals surface area contributed by atoms with Crippen LogP contribution in [0.15, 0.2) is 22.8 Å². The molecule has 33 heavy (non-hydrogen) atoms. The van der Waals surface area contributed by atoms with Gasteiger partial charge in [-0.05, 0) is 39.4 Å². The van der Waals surface area contributed by atoms with Crippen LogP contribution in [0.25, 0.3) is 0 Å². The zero-order chi connectivity index (χ0) is 23.8. The van der Waals surface area contributed by atoms with E-state index in [1.54, 1.807) is 21.9 Å². The van der Waals surface area contributed by atoms with E-state index < -0.39 is 9.84 Å². The maximum Gasteiger partial charge on any atom is 0.289 e. The number of likely N-dealkylation sites (N-methyl/N-ethyl adjacent to an activating group) is 1. The van der Waals surface area contributed by atoms with Gasteiger partial charge in [0.25, 0.3) is 5.91 Å². The van der Waals surface area contributed by atoms with E-state index in [4.69, 9.17) is 4.42 Å². The average Bonchev–Trinajstić information content (AvgIpc) is 3.49. The predicted molar refractivity (Wildman–Crippen MR) is 122 cm³/mol. The molecule has 1 unspecified atom stereocenters. The topological polar surface area (TPSA) is 109 Å². The van der Waals surface area contributed by atoms with Crippen LogP contribution in [-0.2, 0) is 21.2 Å². The molecular weight excluding hydrogens is 446 g/mol. The second-order valence-electron chi connectivity index (χ2n) is 8.97. The molecule has 4 heterocycles. The van der Waals surface area contributed by atoms with Gasteiger partial charge >= 0.3 is 0 Å². The molecule has 0 N–H and O–H groups in total. The van der Waals surface area contributed by atoms with E-state index in [0.717, 1.165) is 17.0 Å². The zero-order valence-electron chi connectivity index (χ0n) is 19.4. The van der Waals surface area contributed by atoms with E-state index in [1.165, 1.54) is 6.26 Å². The SMILES string of the molecule is Cc1nn(C2CCS(=O)(=O)C2)c(C)c1CN(C)CC(=O)N1CCN(C(=O)c2ccco2)CC1. The van der Waals surface area contributed by atoms with Crippen molar-refractivity contribution in [3.8, 4) is 0 Å². The van der Waals surface area contributed by atoms with Crippen LogP contribution in [0.2, 0.25) is 0 Å². The molecule has 11 heteroatoms. The Hall–Kier alpha value is -2.66. The molecule has 4 rings (SSSR count). The van der Waals surface area contributed by atoms with Gasteiger partial charge in [-0.2, -0.15) is 5.10 Å². The molecule has 2 amide bonds. The summed E-state index contributed by atoms with van der Waals surface area (Å²) >= 11 is 0. The quantitative estimate of drug-likeness (QED) is 0.607. The van der Waals surface area contributed by atoms with Gasteiger partial charge in [-0.1, -0.05) is 0 Å². The summed E-state index contributed by atoms with van der Waals surface area (Å²) in [5, 5.41) is 4.61. The van der Waals surface area contributed by atoms with Crippen molar-refractivity contribution in [1.29, 1.82) is 0 Å². The van der Waals surface area contributed by atoms with Crippen molar-refractivity contribution in [1.82, 2.24) is 24.5 Å². The lowest BCUT2D eigenvalue weighted by molar-refractivity contribution is -0.133. The molecule has 2 fully saturated rings.